The number of nitrogens with zero attached hydrogens (tertiary/aromatic N) is 1. The van der Waals surface area contributed by atoms with E-state index in [1.807, 2.05) is 48.5 Å². The zero-order valence-electron chi connectivity index (χ0n) is 19.9. The number of carbonyl (C=O) groups excluding carboxylic acids is 1. The molecule has 9 heteroatoms. The lowest BCUT2D eigenvalue weighted by Gasteiger charge is -2.12. The summed E-state index contributed by atoms with van der Waals surface area (Å²) in [6.07, 6.45) is 0.632. The molecule has 2 N–H and O–H groups in total. The third kappa shape index (κ3) is 4.90. The van der Waals surface area contributed by atoms with Crippen LogP contribution in [-0.2, 0) is 28.6 Å². The Morgan fingerprint density at radius 3 is 2.19 bits per heavy atom. The van der Waals surface area contributed by atoms with Gasteiger partial charge in [-0.15, -0.1) is 0 Å². The Balaban J connectivity index is 1.33. The van der Waals surface area contributed by atoms with Crippen molar-refractivity contribution in [2.24, 2.45) is 7.05 Å². The van der Waals surface area contributed by atoms with Crippen LogP contribution < -0.4 is 10.1 Å². The van der Waals surface area contributed by atoms with Gasteiger partial charge in [0.05, 0.1) is 11.0 Å². The van der Waals surface area contributed by atoms with E-state index in [1.165, 1.54) is 0 Å². The maximum absolute atomic E-state index is 12.8. The van der Waals surface area contributed by atoms with Crippen LogP contribution in [0.5, 0.6) is 0 Å². The van der Waals surface area contributed by atoms with E-state index in [-0.39, 0.29) is 11.3 Å². The minimum atomic E-state index is -0.779. The van der Waals surface area contributed by atoms with Gasteiger partial charge in [0.2, 0.25) is 0 Å². The van der Waals surface area contributed by atoms with Gasteiger partial charge >= 0.3 is 12.1 Å². The van der Waals surface area contributed by atoms with Crippen LogP contribution in [-0.4, -0.2) is 21.1 Å². The molecule has 0 unspecified atom stereocenters. The van der Waals surface area contributed by atoms with Gasteiger partial charge < -0.3 is 9.84 Å². The van der Waals surface area contributed by atoms with Crippen LogP contribution >= 0.6 is 23.1 Å². The van der Waals surface area contributed by atoms with Gasteiger partial charge in [0, 0.05) is 17.6 Å². The molecule has 4 aromatic rings. The third-order valence-electron chi connectivity index (χ3n) is 6.62. The molecule has 7 nitrogen and oxygen atoms in total. The van der Waals surface area contributed by atoms with Crippen molar-refractivity contribution < 1.29 is 19.4 Å². The molecule has 1 amide bonds. The molecular weight excluding hydrogens is 512 g/mol. The van der Waals surface area contributed by atoms with Crippen LogP contribution in [0.1, 0.15) is 24.0 Å². The lowest BCUT2D eigenvalue weighted by atomic mass is 9.93. The maximum atomic E-state index is 12.8. The van der Waals surface area contributed by atoms with Crippen molar-refractivity contribution in [1.82, 2.24) is 3.96 Å². The summed E-state index contributed by atoms with van der Waals surface area (Å²) in [5.41, 5.74) is 3.66. The smallest absolute Gasteiger partial charge is 0.413 e. The SMILES string of the molecule is Cn1sc(=O)c(-c2ccc(-c3ccc(C4(C(=O)O)CC4)cc3)cc2)c1NC(=O)OCc1ccccc1Cl. The van der Waals surface area contributed by atoms with Crippen molar-refractivity contribution in [2.75, 3.05) is 5.32 Å². The number of hydrogen-bond acceptors (Lipinski definition) is 5. The summed E-state index contributed by atoms with van der Waals surface area (Å²) in [7, 11) is 1.69. The summed E-state index contributed by atoms with van der Waals surface area (Å²) in [6, 6.07) is 22.1. The Hall–Kier alpha value is -3.88. The number of halogens is 1. The lowest BCUT2D eigenvalue weighted by Crippen LogP contribution is -2.19. The largest absolute Gasteiger partial charge is 0.481 e. The topological polar surface area (TPSA) is 97.6 Å². The van der Waals surface area contributed by atoms with Gasteiger partial charge in [-0.2, -0.15) is 0 Å². The molecule has 1 saturated carbocycles. The number of aliphatic carboxylic acids is 1. The summed E-state index contributed by atoms with van der Waals surface area (Å²) in [5.74, 6) is -0.432. The Morgan fingerprint density at radius 2 is 1.59 bits per heavy atom. The number of benzene rings is 3. The Kier molecular flexibility index (Phi) is 6.62. The standard InChI is InChI=1S/C28H23ClN2O5S/c1-31-24(30-27(35)36-16-20-4-2-3-5-22(20)29)23(25(32)37-31)19-8-6-17(7-9-19)18-10-12-21(13-11-18)28(14-15-28)26(33)34/h2-13H,14-16H2,1H3,(H,30,35)(H,33,34). The molecule has 188 valence electrons. The van der Waals surface area contributed by atoms with Crippen LogP contribution in [0.3, 0.4) is 0 Å². The summed E-state index contributed by atoms with van der Waals surface area (Å²) in [6.45, 7) is -0.00000462. The fourth-order valence-corrected chi connectivity index (χ4v) is 5.29. The quantitative estimate of drug-likeness (QED) is 0.290. The number of ether oxygens (including phenoxy) is 1. The molecule has 0 saturated heterocycles. The second-order valence-corrected chi connectivity index (χ2v) is 10.4. The van der Waals surface area contributed by atoms with E-state index in [4.69, 9.17) is 16.3 Å². The summed E-state index contributed by atoms with van der Waals surface area (Å²) in [4.78, 5) is 36.8. The summed E-state index contributed by atoms with van der Waals surface area (Å²) in [5, 5.41) is 12.7. The predicted octanol–water partition coefficient (Wildman–Crippen LogP) is 6.30. The number of aromatic nitrogens is 1. The summed E-state index contributed by atoms with van der Waals surface area (Å²) >= 11 is 7.11. The number of aryl methyl sites for hydroxylation is 1. The highest BCUT2D eigenvalue weighted by Gasteiger charge is 2.51. The van der Waals surface area contributed by atoms with E-state index in [0.29, 0.717) is 40.4 Å². The molecule has 0 bridgehead atoms. The first kappa shape index (κ1) is 24.8. The second kappa shape index (κ2) is 9.88. The molecule has 1 aliphatic carbocycles. The zero-order chi connectivity index (χ0) is 26.2. The van der Waals surface area contributed by atoms with Crippen LogP contribution in [0.4, 0.5) is 10.6 Å². The van der Waals surface area contributed by atoms with E-state index in [0.717, 1.165) is 28.2 Å². The van der Waals surface area contributed by atoms with Gasteiger partial charge in [-0.1, -0.05) is 78.3 Å². The Morgan fingerprint density at radius 1 is 1.00 bits per heavy atom. The van der Waals surface area contributed by atoms with E-state index in [1.54, 1.807) is 35.3 Å². The monoisotopic (exact) mass is 534 g/mol. The highest BCUT2D eigenvalue weighted by atomic mass is 35.5. The first-order chi connectivity index (χ1) is 17.8. The Labute approximate surface area is 222 Å². The normalized spacial score (nSPS) is 13.7. The molecule has 1 aromatic heterocycles. The molecule has 0 spiro atoms. The minimum Gasteiger partial charge on any atom is -0.481 e. The highest BCUT2D eigenvalue weighted by molar-refractivity contribution is 7.04. The van der Waals surface area contributed by atoms with Crippen molar-refractivity contribution in [3.05, 3.63) is 98.5 Å². The fourth-order valence-electron chi connectivity index (χ4n) is 4.32. The molecular formula is C28H23ClN2O5S. The van der Waals surface area contributed by atoms with E-state index in [2.05, 4.69) is 5.32 Å². The average Bonchev–Trinajstić information content (AvgIpc) is 3.66. The van der Waals surface area contributed by atoms with E-state index >= 15 is 0 Å². The van der Waals surface area contributed by atoms with Crippen molar-refractivity contribution in [1.29, 1.82) is 0 Å². The highest BCUT2D eigenvalue weighted by Crippen LogP contribution is 2.48. The van der Waals surface area contributed by atoms with E-state index in [9.17, 15) is 19.5 Å². The maximum Gasteiger partial charge on any atom is 0.413 e. The molecule has 0 atom stereocenters. The minimum absolute atomic E-state index is 0.00000462. The number of hydrogen-bond donors (Lipinski definition) is 2. The zero-order valence-corrected chi connectivity index (χ0v) is 21.4. The second-order valence-electron chi connectivity index (χ2n) is 8.93. The molecule has 1 heterocycles. The van der Waals surface area contributed by atoms with E-state index < -0.39 is 17.5 Å². The predicted molar refractivity (Wildman–Crippen MR) is 144 cm³/mol. The number of nitrogens with one attached hydrogen (secondary N) is 1. The Bertz CT molecular complexity index is 1540. The first-order valence-electron chi connectivity index (χ1n) is 11.6. The number of anilines is 1. The van der Waals surface area contributed by atoms with Crippen molar-refractivity contribution >= 4 is 41.0 Å². The number of carboxylic acids is 1. The molecule has 3 aromatic carbocycles. The number of rotatable bonds is 7. The van der Waals surface area contributed by atoms with Crippen molar-refractivity contribution in [3.63, 3.8) is 0 Å². The molecule has 1 aliphatic rings. The van der Waals surface area contributed by atoms with Gasteiger partial charge in [-0.25, -0.2) is 4.79 Å². The van der Waals surface area contributed by atoms with Gasteiger partial charge in [-0.05, 0) is 52.7 Å². The number of carboxylic acid groups (broad SMARTS) is 1. The summed E-state index contributed by atoms with van der Waals surface area (Å²) < 4.78 is 6.72. The van der Waals surface area contributed by atoms with Crippen molar-refractivity contribution in [3.8, 4) is 22.3 Å². The number of carbonyl (C=O) groups is 2. The molecule has 0 radical (unpaired) electrons. The molecule has 37 heavy (non-hydrogen) atoms. The molecule has 0 aliphatic heterocycles. The van der Waals surface area contributed by atoms with Crippen LogP contribution in [0.25, 0.3) is 22.3 Å². The van der Waals surface area contributed by atoms with Gasteiger partial charge in [0.25, 0.3) is 4.74 Å². The van der Waals surface area contributed by atoms with Crippen LogP contribution in [0.2, 0.25) is 5.02 Å². The van der Waals surface area contributed by atoms with Crippen molar-refractivity contribution in [2.45, 2.75) is 24.9 Å². The third-order valence-corrected chi connectivity index (χ3v) is 7.81. The number of amides is 1. The average molecular weight is 535 g/mol. The molecule has 1 fully saturated rings. The lowest BCUT2D eigenvalue weighted by molar-refractivity contribution is -0.140. The van der Waals surface area contributed by atoms with Crippen LogP contribution in [0, 0.1) is 0 Å². The van der Waals surface area contributed by atoms with Crippen LogP contribution in [0.15, 0.2) is 77.6 Å². The van der Waals surface area contributed by atoms with Gasteiger partial charge in [-0.3, -0.25) is 18.9 Å². The molecule has 5 rings (SSSR count). The van der Waals surface area contributed by atoms with Gasteiger partial charge in [0.15, 0.2) is 0 Å². The fraction of sp³-hybridized carbons (Fsp3) is 0.179. The first-order valence-corrected chi connectivity index (χ1v) is 12.8. The van der Waals surface area contributed by atoms with Gasteiger partial charge in [0.1, 0.15) is 12.4 Å².